The molecule has 0 aromatic carbocycles. The zero-order chi connectivity index (χ0) is 12.3. The van der Waals surface area contributed by atoms with Gasteiger partial charge in [0, 0.05) is 5.56 Å². The number of aromatic nitrogens is 1. The van der Waals surface area contributed by atoms with E-state index in [1.165, 1.54) is 0 Å². The molecule has 16 heavy (non-hydrogen) atoms. The van der Waals surface area contributed by atoms with Crippen molar-refractivity contribution in [2.75, 3.05) is 6.61 Å². The van der Waals surface area contributed by atoms with Crippen LogP contribution in [0, 0.1) is 6.92 Å². The highest BCUT2D eigenvalue weighted by Crippen LogP contribution is 2.17. The van der Waals surface area contributed by atoms with Gasteiger partial charge in [0.25, 0.3) is 5.15 Å². The Hall–Kier alpha value is -0.800. The van der Waals surface area contributed by atoms with E-state index in [0.29, 0.717) is 23.0 Å². The Labute approximate surface area is 105 Å². The third-order valence-electron chi connectivity index (χ3n) is 2.32. The van der Waals surface area contributed by atoms with E-state index in [1.54, 1.807) is 24.6 Å². The molecule has 0 unspecified atom stereocenters. The Morgan fingerprint density at radius 3 is 2.69 bits per heavy atom. The number of nitrogens with zero attached hydrogens (tertiary/aromatic N) is 1. The molecule has 1 aromatic rings. The largest absolute Gasteiger partial charge is 0.462 e. The average molecular weight is 263 g/mol. The molecule has 0 radical (unpaired) electrons. The molecule has 0 fully saturated rings. The van der Waals surface area contributed by atoms with Gasteiger partial charge in [-0.25, -0.2) is 4.79 Å². The van der Waals surface area contributed by atoms with Gasteiger partial charge in [0.05, 0.1) is 6.61 Å². The van der Waals surface area contributed by atoms with Crippen molar-refractivity contribution in [3.05, 3.63) is 28.0 Å². The first-order valence-corrected chi connectivity index (χ1v) is 5.85. The van der Waals surface area contributed by atoms with E-state index in [4.69, 9.17) is 27.9 Å². The molecule has 0 aliphatic carbocycles. The summed E-state index contributed by atoms with van der Waals surface area (Å²) in [6.45, 7) is 3.94. The van der Waals surface area contributed by atoms with Crippen LogP contribution >= 0.6 is 23.2 Å². The first-order valence-electron chi connectivity index (χ1n) is 4.94. The summed E-state index contributed by atoms with van der Waals surface area (Å²) in [5.74, 6) is -0.154. The number of rotatable bonds is 3. The van der Waals surface area contributed by atoms with Gasteiger partial charge in [-0.2, -0.15) is 4.57 Å². The topological polar surface area (TPSA) is 30.2 Å². The van der Waals surface area contributed by atoms with Crippen LogP contribution in [-0.2, 0) is 17.7 Å². The second-order valence-electron chi connectivity index (χ2n) is 3.39. The van der Waals surface area contributed by atoms with Crippen LogP contribution in [0.3, 0.4) is 0 Å². The summed E-state index contributed by atoms with van der Waals surface area (Å²) in [6, 6.07) is 1.71. The number of ether oxygens (including phenoxy) is 1. The summed E-state index contributed by atoms with van der Waals surface area (Å²) < 4.78 is 6.67. The van der Waals surface area contributed by atoms with Crippen molar-refractivity contribution in [2.24, 2.45) is 7.05 Å². The number of pyridine rings is 1. The summed E-state index contributed by atoms with van der Waals surface area (Å²) >= 11 is 11.9. The van der Waals surface area contributed by atoms with Gasteiger partial charge in [0.2, 0.25) is 5.69 Å². The molecule has 0 aliphatic heterocycles. The lowest BCUT2D eigenvalue weighted by Crippen LogP contribution is -2.37. The van der Waals surface area contributed by atoms with Crippen LogP contribution in [0.4, 0.5) is 0 Å². The molecule has 1 rings (SSSR count). The van der Waals surface area contributed by atoms with Gasteiger partial charge in [-0.3, -0.25) is 0 Å². The Bertz CT molecular complexity index is 419. The number of esters is 1. The van der Waals surface area contributed by atoms with E-state index < -0.39 is 0 Å². The Balaban J connectivity index is 3.33. The predicted octanol–water partition coefficient (Wildman–Crippen LogP) is 2.39. The number of hydrogen-bond acceptors (Lipinski definition) is 2. The standard InChI is InChI=1S/C11H14Cl2NO2/c1-4-16-11(15)8-5-7(2)10(13)14(3)9(8)6-12/h5H,4,6H2,1-3H3/q+1. The molecule has 1 aromatic heterocycles. The number of aryl methyl sites for hydroxylation is 1. The van der Waals surface area contributed by atoms with Gasteiger partial charge in [-0.15, -0.1) is 11.6 Å². The first-order chi connectivity index (χ1) is 7.52. The first kappa shape index (κ1) is 13.3. The fourth-order valence-electron chi connectivity index (χ4n) is 1.47. The van der Waals surface area contributed by atoms with Gasteiger partial charge in [0.1, 0.15) is 18.5 Å². The van der Waals surface area contributed by atoms with Crippen molar-refractivity contribution >= 4 is 29.2 Å². The minimum absolute atomic E-state index is 0.213. The number of halogens is 2. The maximum Gasteiger partial charge on any atom is 0.344 e. The van der Waals surface area contributed by atoms with Crippen molar-refractivity contribution in [3.8, 4) is 0 Å². The smallest absolute Gasteiger partial charge is 0.344 e. The molecular weight excluding hydrogens is 249 g/mol. The van der Waals surface area contributed by atoms with Crippen LogP contribution < -0.4 is 4.57 Å². The quantitative estimate of drug-likeness (QED) is 0.363. The number of hydrogen-bond donors (Lipinski definition) is 0. The lowest BCUT2D eigenvalue weighted by molar-refractivity contribution is -0.676. The van der Waals surface area contributed by atoms with Crippen molar-refractivity contribution in [1.82, 2.24) is 0 Å². The summed E-state index contributed by atoms with van der Waals surface area (Å²) in [5, 5.41) is 0.573. The average Bonchev–Trinajstić information content (AvgIpc) is 2.26. The van der Waals surface area contributed by atoms with Crippen LogP contribution in [0.1, 0.15) is 28.5 Å². The molecule has 0 bridgehead atoms. The molecule has 0 spiro atoms. The molecule has 88 valence electrons. The van der Waals surface area contributed by atoms with Gasteiger partial charge in [-0.1, -0.05) is 0 Å². The van der Waals surface area contributed by atoms with E-state index in [0.717, 1.165) is 5.56 Å². The summed E-state index contributed by atoms with van der Waals surface area (Å²) in [4.78, 5) is 11.7. The summed E-state index contributed by atoms with van der Waals surface area (Å²) in [5.41, 5.74) is 1.96. The molecule has 0 aliphatic rings. The maximum atomic E-state index is 11.7. The van der Waals surface area contributed by atoms with Crippen LogP contribution in [0.25, 0.3) is 0 Å². The lowest BCUT2D eigenvalue weighted by atomic mass is 10.1. The molecule has 0 saturated carbocycles. The molecule has 0 saturated heterocycles. The highest BCUT2D eigenvalue weighted by Gasteiger charge is 2.24. The monoisotopic (exact) mass is 262 g/mol. The number of carbonyl (C=O) groups is 1. The van der Waals surface area contributed by atoms with Crippen molar-refractivity contribution < 1.29 is 14.1 Å². The molecule has 0 N–H and O–H groups in total. The van der Waals surface area contributed by atoms with Crippen molar-refractivity contribution in [1.29, 1.82) is 0 Å². The summed E-state index contributed by atoms with van der Waals surface area (Å²) in [7, 11) is 1.77. The molecule has 5 heteroatoms. The molecular formula is C11H14Cl2NO2+. The normalized spacial score (nSPS) is 10.3. The minimum Gasteiger partial charge on any atom is -0.462 e. The Morgan fingerprint density at radius 1 is 1.56 bits per heavy atom. The third-order valence-corrected chi connectivity index (χ3v) is 3.12. The zero-order valence-electron chi connectivity index (χ0n) is 9.51. The molecule has 0 amide bonds. The van der Waals surface area contributed by atoms with Gasteiger partial charge in [-0.05, 0) is 31.5 Å². The van der Waals surface area contributed by atoms with Crippen LogP contribution in [0.2, 0.25) is 5.15 Å². The van der Waals surface area contributed by atoms with E-state index in [1.807, 2.05) is 6.92 Å². The van der Waals surface area contributed by atoms with Crippen molar-refractivity contribution in [2.45, 2.75) is 19.7 Å². The zero-order valence-corrected chi connectivity index (χ0v) is 11.0. The van der Waals surface area contributed by atoms with Crippen LogP contribution in [0.5, 0.6) is 0 Å². The Morgan fingerprint density at radius 2 is 2.19 bits per heavy atom. The molecule has 3 nitrogen and oxygen atoms in total. The maximum absolute atomic E-state index is 11.7. The SMILES string of the molecule is CCOC(=O)c1cc(C)c(Cl)[n+](C)c1CCl. The van der Waals surface area contributed by atoms with E-state index in [2.05, 4.69) is 0 Å². The predicted molar refractivity (Wildman–Crippen MR) is 62.9 cm³/mol. The fourth-order valence-corrected chi connectivity index (χ4v) is 1.95. The Kier molecular flexibility index (Phi) is 4.56. The van der Waals surface area contributed by atoms with Crippen molar-refractivity contribution in [3.63, 3.8) is 0 Å². The van der Waals surface area contributed by atoms with E-state index >= 15 is 0 Å². The fraction of sp³-hybridized carbons (Fsp3) is 0.455. The number of alkyl halides is 1. The molecule has 0 atom stereocenters. The highest BCUT2D eigenvalue weighted by molar-refractivity contribution is 6.29. The lowest BCUT2D eigenvalue weighted by Gasteiger charge is -2.07. The van der Waals surface area contributed by atoms with Gasteiger partial charge >= 0.3 is 5.97 Å². The van der Waals surface area contributed by atoms with Crippen LogP contribution in [0.15, 0.2) is 6.07 Å². The van der Waals surface area contributed by atoms with Gasteiger partial charge in [0.15, 0.2) is 0 Å². The molecule has 1 heterocycles. The van der Waals surface area contributed by atoms with E-state index in [-0.39, 0.29) is 11.8 Å². The second kappa shape index (κ2) is 5.51. The third kappa shape index (κ3) is 2.47. The van der Waals surface area contributed by atoms with Crippen LogP contribution in [-0.4, -0.2) is 12.6 Å². The highest BCUT2D eigenvalue weighted by atomic mass is 35.5. The second-order valence-corrected chi connectivity index (χ2v) is 4.02. The summed E-state index contributed by atoms with van der Waals surface area (Å²) in [6.07, 6.45) is 0. The van der Waals surface area contributed by atoms with Gasteiger partial charge < -0.3 is 4.74 Å². The number of carbonyl (C=O) groups excluding carboxylic acids is 1. The minimum atomic E-state index is -0.367. The van der Waals surface area contributed by atoms with E-state index in [9.17, 15) is 4.79 Å².